The molecule has 0 saturated carbocycles. The van der Waals surface area contributed by atoms with E-state index in [1.54, 1.807) is 13.2 Å². The van der Waals surface area contributed by atoms with Gasteiger partial charge >= 0.3 is 6.03 Å². The average molecular weight is 264 g/mol. The number of rotatable bonds is 2. The molecule has 19 heavy (non-hydrogen) atoms. The third-order valence-corrected chi connectivity index (χ3v) is 3.00. The van der Waals surface area contributed by atoms with Gasteiger partial charge in [-0.15, -0.1) is 0 Å². The maximum absolute atomic E-state index is 11.3. The standard InChI is InChI=1S/C13H20N4O2/c1-9-7-17(8-10(2)19-9)11-4-5-15-12(6-11)16-13(18)14-3/h4-6,9-10H,7-8H2,1-3H3,(H2,14,15,16,18)/t9-,10+. The molecular weight excluding hydrogens is 244 g/mol. The summed E-state index contributed by atoms with van der Waals surface area (Å²) in [5.74, 6) is 0.545. The summed E-state index contributed by atoms with van der Waals surface area (Å²) in [4.78, 5) is 17.7. The van der Waals surface area contributed by atoms with Gasteiger partial charge in [-0.25, -0.2) is 9.78 Å². The molecule has 1 aromatic rings. The van der Waals surface area contributed by atoms with E-state index in [0.29, 0.717) is 5.82 Å². The fourth-order valence-electron chi connectivity index (χ4n) is 2.25. The zero-order chi connectivity index (χ0) is 13.8. The number of nitrogens with zero attached hydrogens (tertiary/aromatic N) is 2. The lowest BCUT2D eigenvalue weighted by Crippen LogP contribution is -2.45. The van der Waals surface area contributed by atoms with E-state index in [0.717, 1.165) is 18.8 Å². The van der Waals surface area contributed by atoms with E-state index >= 15 is 0 Å². The number of hydrogen-bond donors (Lipinski definition) is 2. The third kappa shape index (κ3) is 3.57. The lowest BCUT2D eigenvalue weighted by Gasteiger charge is -2.36. The number of hydrogen-bond acceptors (Lipinski definition) is 4. The van der Waals surface area contributed by atoms with E-state index in [-0.39, 0.29) is 18.2 Å². The minimum Gasteiger partial charge on any atom is -0.372 e. The summed E-state index contributed by atoms with van der Waals surface area (Å²) in [6.45, 7) is 5.81. The van der Waals surface area contributed by atoms with Crippen LogP contribution in [0.15, 0.2) is 18.3 Å². The molecule has 1 aliphatic heterocycles. The number of urea groups is 1. The predicted molar refractivity (Wildman–Crippen MR) is 74.5 cm³/mol. The largest absolute Gasteiger partial charge is 0.372 e. The van der Waals surface area contributed by atoms with Crippen LogP contribution in [0.25, 0.3) is 0 Å². The molecule has 1 aliphatic rings. The van der Waals surface area contributed by atoms with Gasteiger partial charge in [-0.2, -0.15) is 0 Å². The minimum absolute atomic E-state index is 0.201. The van der Waals surface area contributed by atoms with Crippen molar-refractivity contribution in [1.29, 1.82) is 0 Å². The zero-order valence-corrected chi connectivity index (χ0v) is 11.5. The second kappa shape index (κ2) is 5.88. The molecule has 2 amide bonds. The first-order chi connectivity index (χ1) is 9.08. The molecule has 104 valence electrons. The van der Waals surface area contributed by atoms with E-state index in [9.17, 15) is 4.79 Å². The predicted octanol–water partition coefficient (Wildman–Crippen LogP) is 1.45. The van der Waals surface area contributed by atoms with Crippen molar-refractivity contribution in [3.63, 3.8) is 0 Å². The number of nitrogens with one attached hydrogen (secondary N) is 2. The average Bonchev–Trinajstić information content (AvgIpc) is 2.38. The van der Waals surface area contributed by atoms with Crippen LogP contribution in [-0.4, -0.2) is 43.4 Å². The summed E-state index contributed by atoms with van der Waals surface area (Å²) in [5, 5.41) is 5.18. The summed E-state index contributed by atoms with van der Waals surface area (Å²) in [6, 6.07) is 3.55. The van der Waals surface area contributed by atoms with Crippen LogP contribution in [0.1, 0.15) is 13.8 Å². The quantitative estimate of drug-likeness (QED) is 0.848. The third-order valence-electron chi connectivity index (χ3n) is 3.00. The van der Waals surface area contributed by atoms with Crippen LogP contribution in [0, 0.1) is 0 Å². The van der Waals surface area contributed by atoms with Crippen molar-refractivity contribution < 1.29 is 9.53 Å². The molecule has 2 N–H and O–H groups in total. The Kier molecular flexibility index (Phi) is 4.21. The normalized spacial score (nSPS) is 23.0. The van der Waals surface area contributed by atoms with Gasteiger partial charge < -0.3 is 15.0 Å². The molecule has 1 aromatic heterocycles. The van der Waals surface area contributed by atoms with Gasteiger partial charge in [0.15, 0.2) is 0 Å². The number of morpholine rings is 1. The van der Waals surface area contributed by atoms with Gasteiger partial charge in [0.1, 0.15) is 5.82 Å². The molecule has 2 rings (SSSR count). The fraction of sp³-hybridized carbons (Fsp3) is 0.538. The highest BCUT2D eigenvalue weighted by atomic mass is 16.5. The number of ether oxygens (including phenoxy) is 1. The Hall–Kier alpha value is -1.82. The van der Waals surface area contributed by atoms with Crippen molar-refractivity contribution >= 4 is 17.5 Å². The van der Waals surface area contributed by atoms with Gasteiger partial charge in [0.05, 0.1) is 12.2 Å². The Morgan fingerprint density at radius 1 is 1.42 bits per heavy atom. The van der Waals surface area contributed by atoms with Crippen molar-refractivity contribution in [2.24, 2.45) is 0 Å². The number of carbonyl (C=O) groups excluding carboxylic acids is 1. The number of anilines is 2. The first-order valence-electron chi connectivity index (χ1n) is 6.43. The maximum Gasteiger partial charge on any atom is 0.320 e. The molecule has 6 nitrogen and oxygen atoms in total. The molecular formula is C13H20N4O2. The molecule has 0 spiro atoms. The molecule has 0 radical (unpaired) electrons. The molecule has 0 unspecified atom stereocenters. The molecule has 1 saturated heterocycles. The Bertz CT molecular complexity index is 442. The van der Waals surface area contributed by atoms with Gasteiger partial charge in [-0.05, 0) is 19.9 Å². The van der Waals surface area contributed by atoms with E-state index in [4.69, 9.17) is 4.74 Å². The van der Waals surface area contributed by atoms with Gasteiger partial charge in [0.25, 0.3) is 0 Å². The minimum atomic E-state index is -0.270. The number of carbonyl (C=O) groups is 1. The van der Waals surface area contributed by atoms with Crippen LogP contribution in [0.3, 0.4) is 0 Å². The van der Waals surface area contributed by atoms with Crippen LogP contribution in [0.4, 0.5) is 16.3 Å². The summed E-state index contributed by atoms with van der Waals surface area (Å²) < 4.78 is 5.71. The highest BCUT2D eigenvalue weighted by Crippen LogP contribution is 2.21. The summed E-state index contributed by atoms with van der Waals surface area (Å²) in [7, 11) is 1.57. The van der Waals surface area contributed by atoms with Gasteiger partial charge in [-0.3, -0.25) is 5.32 Å². The number of amides is 2. The second-order valence-electron chi connectivity index (χ2n) is 4.77. The highest BCUT2D eigenvalue weighted by molar-refractivity contribution is 5.88. The van der Waals surface area contributed by atoms with Crippen LogP contribution in [0.2, 0.25) is 0 Å². The van der Waals surface area contributed by atoms with Gasteiger partial charge in [0, 0.05) is 38.1 Å². The Labute approximate surface area is 113 Å². The van der Waals surface area contributed by atoms with Crippen LogP contribution >= 0.6 is 0 Å². The summed E-state index contributed by atoms with van der Waals surface area (Å²) in [6.07, 6.45) is 2.10. The van der Waals surface area contributed by atoms with Crippen molar-refractivity contribution in [3.8, 4) is 0 Å². The van der Waals surface area contributed by atoms with Crippen molar-refractivity contribution in [1.82, 2.24) is 10.3 Å². The highest BCUT2D eigenvalue weighted by Gasteiger charge is 2.22. The van der Waals surface area contributed by atoms with E-state index in [1.165, 1.54) is 0 Å². The van der Waals surface area contributed by atoms with E-state index < -0.39 is 0 Å². The summed E-state index contributed by atoms with van der Waals surface area (Å²) >= 11 is 0. The van der Waals surface area contributed by atoms with E-state index in [2.05, 4.69) is 34.4 Å². The Morgan fingerprint density at radius 3 is 2.74 bits per heavy atom. The molecule has 2 atom stereocenters. The first-order valence-corrected chi connectivity index (χ1v) is 6.43. The molecule has 0 bridgehead atoms. The van der Waals surface area contributed by atoms with Gasteiger partial charge in [0.2, 0.25) is 0 Å². The lowest BCUT2D eigenvalue weighted by molar-refractivity contribution is -0.00522. The van der Waals surface area contributed by atoms with Crippen LogP contribution in [-0.2, 0) is 4.74 Å². The van der Waals surface area contributed by atoms with Crippen LogP contribution < -0.4 is 15.5 Å². The molecule has 0 aromatic carbocycles. The summed E-state index contributed by atoms with van der Waals surface area (Å²) in [5.41, 5.74) is 1.04. The van der Waals surface area contributed by atoms with Crippen molar-refractivity contribution in [2.45, 2.75) is 26.1 Å². The maximum atomic E-state index is 11.3. The second-order valence-corrected chi connectivity index (χ2v) is 4.77. The molecule has 6 heteroatoms. The first kappa shape index (κ1) is 13.6. The molecule has 2 heterocycles. The van der Waals surface area contributed by atoms with Crippen molar-refractivity contribution in [3.05, 3.63) is 18.3 Å². The Balaban J connectivity index is 2.11. The SMILES string of the molecule is CNC(=O)Nc1cc(N2C[C@@H](C)O[C@@H](C)C2)ccn1. The van der Waals surface area contributed by atoms with Crippen LogP contribution in [0.5, 0.6) is 0 Å². The van der Waals surface area contributed by atoms with Crippen molar-refractivity contribution in [2.75, 3.05) is 30.4 Å². The number of aromatic nitrogens is 1. The zero-order valence-electron chi connectivity index (χ0n) is 11.5. The van der Waals surface area contributed by atoms with Gasteiger partial charge in [-0.1, -0.05) is 0 Å². The topological polar surface area (TPSA) is 66.5 Å². The van der Waals surface area contributed by atoms with E-state index in [1.807, 2.05) is 12.1 Å². The molecule has 1 fully saturated rings. The molecule has 0 aliphatic carbocycles. The monoisotopic (exact) mass is 264 g/mol. The smallest absolute Gasteiger partial charge is 0.320 e. The lowest BCUT2D eigenvalue weighted by atomic mass is 10.2. The number of pyridine rings is 1. The fourth-order valence-corrected chi connectivity index (χ4v) is 2.25. The Morgan fingerprint density at radius 2 is 2.11 bits per heavy atom.